The van der Waals surface area contributed by atoms with Crippen LogP contribution in [-0.4, -0.2) is 33.2 Å². The predicted molar refractivity (Wildman–Crippen MR) is 93.7 cm³/mol. The number of aromatic nitrogens is 5. The number of sulfonamides is 1. The molecule has 2 aromatic heterocycles. The smallest absolute Gasteiger partial charge is 0.274 e. The summed E-state index contributed by atoms with van der Waals surface area (Å²) in [5.74, 6) is 0.522. The van der Waals surface area contributed by atoms with Crippen molar-refractivity contribution in [3.05, 3.63) is 52.0 Å². The number of nitrogens with zero attached hydrogens (tertiary/aromatic N) is 5. The van der Waals surface area contributed by atoms with E-state index in [2.05, 4.69) is 24.8 Å². The van der Waals surface area contributed by atoms with E-state index in [0.717, 1.165) is 0 Å². The number of rotatable bonds is 4. The van der Waals surface area contributed by atoms with Crippen LogP contribution < -0.4 is 4.72 Å². The van der Waals surface area contributed by atoms with Gasteiger partial charge in [0.05, 0.1) is 15.7 Å². The molecule has 0 atom stereocenters. The lowest BCUT2D eigenvalue weighted by molar-refractivity contribution is 0.591. The summed E-state index contributed by atoms with van der Waals surface area (Å²) >= 11 is 12.2. The number of halogens is 2. The summed E-state index contributed by atoms with van der Waals surface area (Å²) < 4.78 is 28.8. The fraction of sp³-hybridized carbons (Fsp3) is 0.143. The van der Waals surface area contributed by atoms with E-state index in [4.69, 9.17) is 23.2 Å². The highest BCUT2D eigenvalue weighted by Crippen LogP contribution is 2.34. The third-order valence-electron chi connectivity index (χ3n) is 3.25. The Morgan fingerprint density at radius 3 is 2.48 bits per heavy atom. The highest BCUT2D eigenvalue weighted by atomic mass is 35.5. The van der Waals surface area contributed by atoms with Gasteiger partial charge in [-0.05, 0) is 31.5 Å². The maximum absolute atomic E-state index is 12.6. The Kier molecular flexibility index (Phi) is 4.63. The van der Waals surface area contributed by atoms with Crippen molar-refractivity contribution in [1.29, 1.82) is 0 Å². The molecule has 0 spiro atoms. The summed E-state index contributed by atoms with van der Waals surface area (Å²) in [6.07, 6.45) is 3.03. The molecule has 130 valence electrons. The van der Waals surface area contributed by atoms with Crippen LogP contribution >= 0.6 is 23.2 Å². The number of benzene rings is 1. The normalized spacial score (nSPS) is 11.5. The van der Waals surface area contributed by atoms with E-state index < -0.39 is 15.2 Å². The van der Waals surface area contributed by atoms with Crippen LogP contribution in [0.4, 0.5) is 5.69 Å². The van der Waals surface area contributed by atoms with Gasteiger partial charge in [0.25, 0.3) is 21.1 Å². The molecule has 0 bridgehead atoms. The first kappa shape index (κ1) is 17.6. The molecule has 0 radical (unpaired) electrons. The van der Waals surface area contributed by atoms with Crippen LogP contribution in [0.3, 0.4) is 0 Å². The van der Waals surface area contributed by atoms with Crippen LogP contribution in [0, 0.1) is 13.8 Å². The molecule has 8 nitrogen and oxygen atoms in total. The molecule has 2 heterocycles. The molecule has 0 amide bonds. The van der Waals surface area contributed by atoms with Gasteiger partial charge < -0.3 is 0 Å². The van der Waals surface area contributed by atoms with Crippen LogP contribution in [0.1, 0.15) is 11.4 Å². The Bertz CT molecular complexity index is 1040. The van der Waals surface area contributed by atoms with Gasteiger partial charge in [0, 0.05) is 12.4 Å². The van der Waals surface area contributed by atoms with Crippen LogP contribution in [0.15, 0.2) is 35.7 Å². The topological polar surface area (TPSA) is 103 Å². The summed E-state index contributed by atoms with van der Waals surface area (Å²) in [5, 5.41) is 3.91. The Balaban J connectivity index is 2.01. The van der Waals surface area contributed by atoms with Crippen molar-refractivity contribution in [2.24, 2.45) is 0 Å². The van der Waals surface area contributed by atoms with Crippen molar-refractivity contribution < 1.29 is 8.42 Å². The van der Waals surface area contributed by atoms with Crippen LogP contribution in [-0.2, 0) is 10.0 Å². The molecular formula is C14H12Cl2N6O2S. The zero-order chi connectivity index (χ0) is 18.2. The average Bonchev–Trinajstić information content (AvgIpc) is 2.99. The SMILES string of the molecule is Cc1ccc(Cl)c(NS(=O)(=O)c2nc(C)n(-c3ncccn3)n2)c1Cl. The summed E-state index contributed by atoms with van der Waals surface area (Å²) in [7, 11) is -4.10. The number of hydrogen-bond donors (Lipinski definition) is 1. The van der Waals surface area contributed by atoms with Gasteiger partial charge in [0.2, 0.25) is 0 Å². The molecule has 11 heteroatoms. The van der Waals surface area contributed by atoms with E-state index in [0.29, 0.717) is 11.4 Å². The van der Waals surface area contributed by atoms with E-state index in [1.54, 1.807) is 32.0 Å². The maximum atomic E-state index is 12.6. The fourth-order valence-corrected chi connectivity index (χ4v) is 3.59. The molecule has 0 fully saturated rings. The number of hydrogen-bond acceptors (Lipinski definition) is 6. The van der Waals surface area contributed by atoms with Gasteiger partial charge in [-0.2, -0.15) is 13.1 Å². The molecule has 0 aliphatic heterocycles. The quantitative estimate of drug-likeness (QED) is 0.724. The predicted octanol–water partition coefficient (Wildman–Crippen LogP) is 2.78. The fourth-order valence-electron chi connectivity index (χ4n) is 2.00. The summed E-state index contributed by atoms with van der Waals surface area (Å²) in [4.78, 5) is 12.0. The minimum atomic E-state index is -4.10. The molecule has 0 saturated carbocycles. The Morgan fingerprint density at radius 1 is 1.12 bits per heavy atom. The van der Waals surface area contributed by atoms with E-state index in [1.807, 2.05) is 0 Å². The van der Waals surface area contributed by atoms with Gasteiger partial charge in [-0.15, -0.1) is 5.10 Å². The summed E-state index contributed by atoms with van der Waals surface area (Å²) in [6, 6.07) is 4.87. The third kappa shape index (κ3) is 3.44. The molecule has 0 unspecified atom stereocenters. The second-order valence-electron chi connectivity index (χ2n) is 5.06. The highest BCUT2D eigenvalue weighted by molar-refractivity contribution is 7.92. The second kappa shape index (κ2) is 6.58. The average molecular weight is 399 g/mol. The first-order chi connectivity index (χ1) is 11.8. The standard InChI is InChI=1S/C14H12Cl2N6O2S/c1-8-4-5-10(15)12(11(8)16)21-25(23,24)14-19-9(2)22(20-14)13-17-6-3-7-18-13/h3-7,21H,1-2H3. The Labute approximate surface area is 153 Å². The van der Waals surface area contributed by atoms with E-state index in [-0.39, 0.29) is 21.7 Å². The molecule has 0 aliphatic rings. The lowest BCUT2D eigenvalue weighted by Crippen LogP contribution is -2.16. The van der Waals surface area contributed by atoms with Crippen molar-refractivity contribution in [2.75, 3.05) is 4.72 Å². The van der Waals surface area contributed by atoms with Gasteiger partial charge >= 0.3 is 0 Å². The lowest BCUT2D eigenvalue weighted by Gasteiger charge is -2.10. The van der Waals surface area contributed by atoms with Gasteiger partial charge in [-0.3, -0.25) is 4.72 Å². The molecule has 1 aromatic carbocycles. The molecule has 1 N–H and O–H groups in total. The van der Waals surface area contributed by atoms with E-state index in [1.165, 1.54) is 17.1 Å². The zero-order valence-electron chi connectivity index (χ0n) is 13.1. The third-order valence-corrected chi connectivity index (χ3v) is 5.18. The second-order valence-corrected chi connectivity index (χ2v) is 7.42. The Morgan fingerprint density at radius 2 is 1.80 bits per heavy atom. The first-order valence-electron chi connectivity index (χ1n) is 6.98. The van der Waals surface area contributed by atoms with E-state index >= 15 is 0 Å². The first-order valence-corrected chi connectivity index (χ1v) is 9.22. The maximum Gasteiger partial charge on any atom is 0.299 e. The van der Waals surface area contributed by atoms with Gasteiger partial charge in [-0.25, -0.2) is 15.0 Å². The van der Waals surface area contributed by atoms with Crippen LogP contribution in [0.2, 0.25) is 10.0 Å². The van der Waals surface area contributed by atoms with Gasteiger partial charge in [0.1, 0.15) is 5.82 Å². The van der Waals surface area contributed by atoms with Crippen molar-refractivity contribution in [2.45, 2.75) is 19.0 Å². The lowest BCUT2D eigenvalue weighted by atomic mass is 10.2. The van der Waals surface area contributed by atoms with Crippen molar-refractivity contribution >= 4 is 38.9 Å². The van der Waals surface area contributed by atoms with Gasteiger partial charge in [0.15, 0.2) is 0 Å². The summed E-state index contributed by atoms with van der Waals surface area (Å²) in [6.45, 7) is 3.33. The molecular weight excluding hydrogens is 387 g/mol. The van der Waals surface area contributed by atoms with Crippen molar-refractivity contribution in [3.63, 3.8) is 0 Å². The number of nitrogens with one attached hydrogen (secondary N) is 1. The van der Waals surface area contributed by atoms with Crippen LogP contribution in [0.25, 0.3) is 5.95 Å². The van der Waals surface area contributed by atoms with Crippen molar-refractivity contribution in [3.8, 4) is 5.95 Å². The van der Waals surface area contributed by atoms with Gasteiger partial charge in [-0.1, -0.05) is 29.3 Å². The molecule has 3 aromatic rings. The molecule has 0 saturated heterocycles. The molecule has 25 heavy (non-hydrogen) atoms. The van der Waals surface area contributed by atoms with Crippen molar-refractivity contribution in [1.82, 2.24) is 24.7 Å². The minimum Gasteiger partial charge on any atom is -0.274 e. The van der Waals surface area contributed by atoms with Crippen LogP contribution in [0.5, 0.6) is 0 Å². The summed E-state index contributed by atoms with van der Waals surface area (Å²) in [5.41, 5.74) is 0.754. The molecule has 3 rings (SSSR count). The number of anilines is 1. The minimum absolute atomic E-state index is 0.0771. The number of aryl methyl sites for hydroxylation is 2. The highest BCUT2D eigenvalue weighted by Gasteiger charge is 2.25. The Hall–Kier alpha value is -2.23. The monoisotopic (exact) mass is 398 g/mol. The molecule has 0 aliphatic carbocycles. The zero-order valence-corrected chi connectivity index (χ0v) is 15.4. The van der Waals surface area contributed by atoms with E-state index in [9.17, 15) is 8.42 Å². The largest absolute Gasteiger partial charge is 0.299 e.